The Morgan fingerprint density at radius 1 is 0.973 bits per heavy atom. The van der Waals surface area contributed by atoms with Crippen LogP contribution < -0.4 is 9.62 Å². The van der Waals surface area contributed by atoms with Gasteiger partial charge < -0.3 is 10.2 Å². The number of para-hydroxylation sites is 1. The fraction of sp³-hybridized carbons (Fsp3) is 0.286. The van der Waals surface area contributed by atoms with Crippen LogP contribution in [-0.2, 0) is 26.2 Å². The highest BCUT2D eigenvalue weighted by molar-refractivity contribution is 7.92. The first kappa shape index (κ1) is 27.9. The largest absolute Gasteiger partial charge is 0.354 e. The molecule has 0 heterocycles. The summed E-state index contributed by atoms with van der Waals surface area (Å²) in [5.74, 6) is -1.77. The van der Waals surface area contributed by atoms with Gasteiger partial charge >= 0.3 is 0 Å². The van der Waals surface area contributed by atoms with Crippen LogP contribution >= 0.6 is 0 Å². The van der Waals surface area contributed by atoms with Crippen LogP contribution in [0.4, 0.5) is 10.1 Å². The van der Waals surface area contributed by atoms with E-state index in [0.717, 1.165) is 27.9 Å². The first-order valence-electron chi connectivity index (χ1n) is 12.1. The number of sulfonamides is 1. The number of hydrogen-bond donors (Lipinski definition) is 1. The Kier molecular flexibility index (Phi) is 9.41. The van der Waals surface area contributed by atoms with Crippen LogP contribution in [-0.4, -0.2) is 44.3 Å². The second-order valence-electron chi connectivity index (χ2n) is 8.75. The molecule has 7 nitrogen and oxygen atoms in total. The molecule has 3 aromatic carbocycles. The summed E-state index contributed by atoms with van der Waals surface area (Å²) in [7, 11) is -4.30. The fourth-order valence-corrected chi connectivity index (χ4v) is 5.32. The maximum absolute atomic E-state index is 14.9. The zero-order valence-corrected chi connectivity index (χ0v) is 22.0. The molecule has 0 aliphatic carbocycles. The van der Waals surface area contributed by atoms with Crippen LogP contribution in [0.3, 0.4) is 0 Å². The predicted octanol–water partition coefficient (Wildman–Crippen LogP) is 4.27. The van der Waals surface area contributed by atoms with E-state index in [0.29, 0.717) is 6.54 Å². The molecule has 1 atom stereocenters. The summed E-state index contributed by atoms with van der Waals surface area (Å²) < 4.78 is 42.8. The molecule has 0 spiro atoms. The second-order valence-corrected chi connectivity index (χ2v) is 10.6. The molecular formula is C28H32FN3O4S. The normalized spacial score (nSPS) is 12.0. The predicted molar refractivity (Wildman–Crippen MR) is 142 cm³/mol. The number of aryl methyl sites for hydroxylation is 1. The number of benzene rings is 3. The van der Waals surface area contributed by atoms with Crippen molar-refractivity contribution in [2.24, 2.45) is 0 Å². The first-order chi connectivity index (χ1) is 17.6. The quantitative estimate of drug-likeness (QED) is 0.405. The number of nitrogens with zero attached hydrogens (tertiary/aromatic N) is 2. The van der Waals surface area contributed by atoms with E-state index in [1.165, 1.54) is 35.2 Å². The number of amides is 2. The Labute approximate surface area is 218 Å². The summed E-state index contributed by atoms with van der Waals surface area (Å²) in [5.41, 5.74) is 1.51. The van der Waals surface area contributed by atoms with Crippen molar-refractivity contribution in [3.63, 3.8) is 0 Å². The molecule has 0 saturated heterocycles. The molecule has 37 heavy (non-hydrogen) atoms. The summed E-state index contributed by atoms with van der Waals surface area (Å²) >= 11 is 0. The molecule has 3 rings (SSSR count). The van der Waals surface area contributed by atoms with Gasteiger partial charge in [-0.3, -0.25) is 13.9 Å². The molecule has 3 aromatic rings. The van der Waals surface area contributed by atoms with E-state index in [9.17, 15) is 22.4 Å². The fourth-order valence-electron chi connectivity index (χ4n) is 3.87. The highest BCUT2D eigenvalue weighted by Crippen LogP contribution is 2.26. The number of anilines is 1. The van der Waals surface area contributed by atoms with E-state index in [-0.39, 0.29) is 23.0 Å². The Balaban J connectivity index is 2.02. The lowest BCUT2D eigenvalue weighted by atomic mass is 10.1. The molecule has 0 radical (unpaired) electrons. The van der Waals surface area contributed by atoms with E-state index in [2.05, 4.69) is 5.32 Å². The van der Waals surface area contributed by atoms with Crippen molar-refractivity contribution in [2.45, 2.75) is 44.7 Å². The molecule has 0 aliphatic heterocycles. The highest BCUT2D eigenvalue weighted by atomic mass is 32.2. The van der Waals surface area contributed by atoms with Gasteiger partial charge in [0.05, 0.1) is 10.6 Å². The van der Waals surface area contributed by atoms with Gasteiger partial charge in [-0.1, -0.05) is 67.1 Å². The maximum Gasteiger partial charge on any atom is 0.264 e. The molecule has 9 heteroatoms. The van der Waals surface area contributed by atoms with Gasteiger partial charge in [0, 0.05) is 13.1 Å². The smallest absolute Gasteiger partial charge is 0.264 e. The topological polar surface area (TPSA) is 86.8 Å². The van der Waals surface area contributed by atoms with Crippen LogP contribution in [0.1, 0.15) is 31.4 Å². The summed E-state index contributed by atoms with van der Waals surface area (Å²) in [6.45, 7) is 5.27. The number of halogens is 1. The van der Waals surface area contributed by atoms with Gasteiger partial charge in [-0.15, -0.1) is 0 Å². The number of rotatable bonds is 11. The maximum atomic E-state index is 14.9. The Hall–Kier alpha value is -3.72. The van der Waals surface area contributed by atoms with Gasteiger partial charge in [0.2, 0.25) is 11.8 Å². The van der Waals surface area contributed by atoms with Crippen molar-refractivity contribution in [3.05, 3.63) is 95.8 Å². The van der Waals surface area contributed by atoms with Gasteiger partial charge in [0.1, 0.15) is 18.4 Å². The number of hydrogen-bond acceptors (Lipinski definition) is 4. The Morgan fingerprint density at radius 2 is 1.65 bits per heavy atom. The third kappa shape index (κ3) is 6.95. The summed E-state index contributed by atoms with van der Waals surface area (Å²) in [6, 6.07) is 19.5. The minimum Gasteiger partial charge on any atom is -0.354 e. The molecule has 0 aliphatic rings. The monoisotopic (exact) mass is 525 g/mol. The zero-order chi connectivity index (χ0) is 27.0. The van der Waals surface area contributed by atoms with Crippen molar-refractivity contribution in [2.75, 3.05) is 17.4 Å². The summed E-state index contributed by atoms with van der Waals surface area (Å²) in [4.78, 5) is 27.8. The molecule has 0 bridgehead atoms. The summed E-state index contributed by atoms with van der Waals surface area (Å²) in [6.07, 6.45) is 0.723. The van der Waals surface area contributed by atoms with E-state index in [1.807, 2.05) is 38.1 Å². The van der Waals surface area contributed by atoms with Gasteiger partial charge in [0.15, 0.2) is 0 Å². The number of carbonyl (C=O) groups is 2. The van der Waals surface area contributed by atoms with Crippen LogP contribution in [0.25, 0.3) is 0 Å². The molecule has 2 amide bonds. The highest BCUT2D eigenvalue weighted by Gasteiger charge is 2.33. The minimum atomic E-state index is -4.30. The number of nitrogens with one attached hydrogen (secondary N) is 1. The van der Waals surface area contributed by atoms with Crippen molar-refractivity contribution >= 4 is 27.5 Å². The van der Waals surface area contributed by atoms with Crippen molar-refractivity contribution in [1.82, 2.24) is 10.2 Å². The van der Waals surface area contributed by atoms with E-state index < -0.39 is 34.3 Å². The van der Waals surface area contributed by atoms with Crippen LogP contribution in [0, 0.1) is 12.7 Å². The van der Waals surface area contributed by atoms with Crippen molar-refractivity contribution in [3.8, 4) is 0 Å². The second kappa shape index (κ2) is 12.5. The zero-order valence-electron chi connectivity index (χ0n) is 21.2. The molecular weight excluding hydrogens is 493 g/mol. The van der Waals surface area contributed by atoms with Gasteiger partial charge in [0.25, 0.3) is 10.0 Å². The minimum absolute atomic E-state index is 0.0787. The summed E-state index contributed by atoms with van der Waals surface area (Å²) in [5, 5.41) is 2.79. The number of carbonyl (C=O) groups excluding carboxylic acids is 2. The van der Waals surface area contributed by atoms with Gasteiger partial charge in [-0.25, -0.2) is 12.8 Å². The van der Waals surface area contributed by atoms with Gasteiger partial charge in [-0.2, -0.15) is 0 Å². The molecule has 0 unspecified atom stereocenters. The molecule has 0 saturated carbocycles. The standard InChI is InChI=1S/C28H32FN3O4S/c1-4-17-30-28(34)22(3)31(19-23-12-10-11-21(2)18-23)27(33)20-32(26-16-9-8-15-25(26)29)37(35,36)24-13-6-5-7-14-24/h5-16,18,22H,4,17,19-20H2,1-3H3,(H,30,34)/t22-/m1/s1. The average molecular weight is 526 g/mol. The van der Waals surface area contributed by atoms with Crippen LogP contribution in [0.5, 0.6) is 0 Å². The van der Waals surface area contributed by atoms with Gasteiger partial charge in [-0.05, 0) is 50.1 Å². The first-order valence-corrected chi connectivity index (χ1v) is 13.5. The SMILES string of the molecule is CCCNC(=O)[C@@H](C)N(Cc1cccc(C)c1)C(=O)CN(c1ccccc1F)S(=O)(=O)c1ccccc1. The van der Waals surface area contributed by atoms with E-state index in [1.54, 1.807) is 25.1 Å². The lowest BCUT2D eigenvalue weighted by molar-refractivity contribution is -0.139. The van der Waals surface area contributed by atoms with Crippen LogP contribution in [0.15, 0.2) is 83.8 Å². The van der Waals surface area contributed by atoms with Crippen molar-refractivity contribution < 1.29 is 22.4 Å². The molecule has 0 fully saturated rings. The Morgan fingerprint density at radius 3 is 2.30 bits per heavy atom. The molecule has 196 valence electrons. The molecule has 0 aromatic heterocycles. The third-order valence-corrected chi connectivity index (χ3v) is 7.66. The van der Waals surface area contributed by atoms with Crippen LogP contribution in [0.2, 0.25) is 0 Å². The lowest BCUT2D eigenvalue weighted by Gasteiger charge is -2.32. The van der Waals surface area contributed by atoms with E-state index >= 15 is 0 Å². The Bertz CT molecular complexity index is 1330. The third-order valence-electron chi connectivity index (χ3n) is 5.88. The average Bonchev–Trinajstić information content (AvgIpc) is 2.89. The van der Waals surface area contributed by atoms with Crippen molar-refractivity contribution in [1.29, 1.82) is 0 Å². The molecule has 1 N–H and O–H groups in total. The lowest BCUT2D eigenvalue weighted by Crippen LogP contribution is -2.51. The van der Waals surface area contributed by atoms with E-state index in [4.69, 9.17) is 0 Å².